The van der Waals surface area contributed by atoms with Crippen LogP contribution in [0.25, 0.3) is 0 Å². The molecule has 2 aliphatic carbocycles. The van der Waals surface area contributed by atoms with E-state index in [1.807, 2.05) is 12.1 Å². The lowest BCUT2D eigenvalue weighted by Gasteiger charge is -2.37. The van der Waals surface area contributed by atoms with Crippen LogP contribution in [0.15, 0.2) is 24.3 Å². The zero-order valence-electron chi connectivity index (χ0n) is 10.5. The summed E-state index contributed by atoms with van der Waals surface area (Å²) in [5.41, 5.74) is 7.78. The molecule has 0 aliphatic heterocycles. The average molecular weight is 245 g/mol. The van der Waals surface area contributed by atoms with E-state index in [1.54, 1.807) is 0 Å². The molecule has 1 aromatic rings. The minimum absolute atomic E-state index is 0.0940. The fourth-order valence-corrected chi connectivity index (χ4v) is 2.84. The van der Waals surface area contributed by atoms with Gasteiger partial charge in [0.05, 0.1) is 0 Å². The van der Waals surface area contributed by atoms with E-state index in [0.29, 0.717) is 0 Å². The van der Waals surface area contributed by atoms with Gasteiger partial charge in [0.1, 0.15) is 11.6 Å². The fourth-order valence-electron chi connectivity index (χ4n) is 2.84. The Hall–Kier alpha value is -1.35. The molecule has 1 atom stereocenters. The quantitative estimate of drug-likeness (QED) is 0.814. The van der Waals surface area contributed by atoms with Gasteiger partial charge in [-0.25, -0.2) is 0 Å². The lowest BCUT2D eigenvalue weighted by Crippen LogP contribution is -2.54. The largest absolute Gasteiger partial charge is 0.456 e. The highest BCUT2D eigenvalue weighted by molar-refractivity contribution is 5.81. The second-order valence-corrected chi connectivity index (χ2v) is 5.49. The van der Waals surface area contributed by atoms with Gasteiger partial charge in [0.25, 0.3) is 0 Å². The third-order valence-corrected chi connectivity index (χ3v) is 4.22. The summed E-state index contributed by atoms with van der Waals surface area (Å²) in [6.07, 6.45) is 5.54. The van der Waals surface area contributed by atoms with Crippen molar-refractivity contribution in [1.82, 2.24) is 0 Å². The van der Waals surface area contributed by atoms with Crippen LogP contribution in [0.5, 0.6) is 0 Å². The van der Waals surface area contributed by atoms with Crippen LogP contribution in [-0.4, -0.2) is 11.5 Å². The van der Waals surface area contributed by atoms with Crippen molar-refractivity contribution in [3.63, 3.8) is 0 Å². The minimum atomic E-state index is -0.702. The Morgan fingerprint density at radius 1 is 1.28 bits per heavy atom. The molecule has 0 radical (unpaired) electrons. The van der Waals surface area contributed by atoms with Crippen LogP contribution in [0.3, 0.4) is 0 Å². The van der Waals surface area contributed by atoms with Crippen molar-refractivity contribution in [2.75, 3.05) is 0 Å². The number of rotatable bonds is 2. The first kappa shape index (κ1) is 11.7. The third kappa shape index (κ3) is 1.93. The molecule has 18 heavy (non-hydrogen) atoms. The molecule has 1 fully saturated rings. The summed E-state index contributed by atoms with van der Waals surface area (Å²) >= 11 is 0. The van der Waals surface area contributed by atoms with Gasteiger partial charge in [-0.1, -0.05) is 24.3 Å². The van der Waals surface area contributed by atoms with Gasteiger partial charge in [-0.15, -0.1) is 0 Å². The Morgan fingerprint density at radius 2 is 2.06 bits per heavy atom. The third-order valence-electron chi connectivity index (χ3n) is 4.22. The number of nitrogens with two attached hydrogens (primary N) is 1. The predicted molar refractivity (Wildman–Crippen MR) is 69.0 cm³/mol. The Balaban J connectivity index is 1.76. The van der Waals surface area contributed by atoms with Crippen molar-refractivity contribution in [3.8, 4) is 0 Å². The van der Waals surface area contributed by atoms with E-state index in [-0.39, 0.29) is 12.1 Å². The summed E-state index contributed by atoms with van der Waals surface area (Å²) < 4.78 is 5.66. The zero-order chi connectivity index (χ0) is 12.6. The molecule has 0 amide bonds. The molecule has 0 spiro atoms. The number of carbonyl (C=O) groups excluding carboxylic acids is 1. The summed E-state index contributed by atoms with van der Waals surface area (Å²) in [6.45, 7) is 0. The first-order chi connectivity index (χ1) is 8.69. The van der Waals surface area contributed by atoms with Gasteiger partial charge >= 0.3 is 5.97 Å². The topological polar surface area (TPSA) is 52.3 Å². The molecule has 1 saturated carbocycles. The van der Waals surface area contributed by atoms with E-state index in [1.165, 1.54) is 11.1 Å². The van der Waals surface area contributed by atoms with Crippen molar-refractivity contribution in [2.45, 2.75) is 50.2 Å². The van der Waals surface area contributed by atoms with Gasteiger partial charge in [-0.3, -0.25) is 4.79 Å². The van der Waals surface area contributed by atoms with E-state index in [0.717, 1.165) is 38.5 Å². The maximum Gasteiger partial charge on any atom is 0.326 e. The second-order valence-electron chi connectivity index (χ2n) is 5.49. The molecule has 0 heterocycles. The van der Waals surface area contributed by atoms with Crippen LogP contribution in [0.4, 0.5) is 0 Å². The summed E-state index contributed by atoms with van der Waals surface area (Å²) in [7, 11) is 0. The van der Waals surface area contributed by atoms with Crippen molar-refractivity contribution in [1.29, 1.82) is 0 Å². The van der Waals surface area contributed by atoms with Crippen LogP contribution in [0, 0.1) is 0 Å². The smallest absolute Gasteiger partial charge is 0.326 e. The molecule has 0 saturated heterocycles. The fraction of sp³-hybridized carbons (Fsp3) is 0.533. The van der Waals surface area contributed by atoms with Gasteiger partial charge in [-0.05, 0) is 49.7 Å². The highest BCUT2D eigenvalue weighted by atomic mass is 16.5. The maximum atomic E-state index is 12.1. The highest BCUT2D eigenvalue weighted by Crippen LogP contribution is 2.36. The van der Waals surface area contributed by atoms with Crippen molar-refractivity contribution >= 4 is 5.97 Å². The number of hydrogen-bond acceptors (Lipinski definition) is 3. The van der Waals surface area contributed by atoms with Gasteiger partial charge < -0.3 is 10.5 Å². The molecule has 0 bridgehead atoms. The lowest BCUT2D eigenvalue weighted by atomic mass is 9.77. The average Bonchev–Trinajstić information content (AvgIpc) is 2.36. The van der Waals surface area contributed by atoms with Gasteiger partial charge in [0.15, 0.2) is 0 Å². The van der Waals surface area contributed by atoms with E-state index in [4.69, 9.17) is 10.5 Å². The highest BCUT2D eigenvalue weighted by Gasteiger charge is 2.43. The predicted octanol–water partition coefficient (Wildman–Crippen LogP) is 2.49. The Bertz CT molecular complexity index is 465. The van der Waals surface area contributed by atoms with E-state index < -0.39 is 5.54 Å². The zero-order valence-corrected chi connectivity index (χ0v) is 10.5. The van der Waals surface area contributed by atoms with Gasteiger partial charge in [0.2, 0.25) is 0 Å². The summed E-state index contributed by atoms with van der Waals surface area (Å²) in [5.74, 6) is -0.213. The van der Waals surface area contributed by atoms with Crippen molar-refractivity contribution in [3.05, 3.63) is 35.4 Å². The summed E-state index contributed by atoms with van der Waals surface area (Å²) in [6, 6.07) is 8.24. The molecule has 2 N–H and O–H groups in total. The first-order valence-corrected chi connectivity index (χ1v) is 6.77. The SMILES string of the molecule is NC1(C(=O)OC2CCCc3ccccc32)CCC1. The number of fused-ring (bicyclic) bond motifs is 1. The summed E-state index contributed by atoms with van der Waals surface area (Å²) in [4.78, 5) is 12.1. The standard InChI is InChI=1S/C15H19NO2/c16-15(9-4-10-15)14(17)18-13-8-3-6-11-5-1-2-7-12(11)13/h1-2,5,7,13H,3-4,6,8-10,16H2. The molecule has 3 nitrogen and oxygen atoms in total. The van der Waals surface area contributed by atoms with Crippen molar-refractivity contribution in [2.24, 2.45) is 5.73 Å². The number of aryl methyl sites for hydroxylation is 1. The Morgan fingerprint density at radius 3 is 2.78 bits per heavy atom. The van der Waals surface area contributed by atoms with Crippen LogP contribution < -0.4 is 5.73 Å². The molecule has 3 rings (SSSR count). The summed E-state index contributed by atoms with van der Waals surface area (Å²) in [5, 5.41) is 0. The maximum absolute atomic E-state index is 12.1. The number of benzene rings is 1. The van der Waals surface area contributed by atoms with E-state index in [9.17, 15) is 4.79 Å². The molecule has 1 unspecified atom stereocenters. The van der Waals surface area contributed by atoms with Gasteiger partial charge in [0, 0.05) is 0 Å². The van der Waals surface area contributed by atoms with E-state index in [2.05, 4.69) is 12.1 Å². The number of ether oxygens (including phenoxy) is 1. The van der Waals surface area contributed by atoms with Crippen molar-refractivity contribution < 1.29 is 9.53 Å². The molecule has 0 aromatic heterocycles. The normalized spacial score (nSPS) is 24.8. The van der Waals surface area contributed by atoms with Gasteiger partial charge in [-0.2, -0.15) is 0 Å². The van der Waals surface area contributed by atoms with Crippen LogP contribution >= 0.6 is 0 Å². The van der Waals surface area contributed by atoms with Crippen LogP contribution in [0.1, 0.15) is 49.3 Å². The molecule has 2 aliphatic rings. The Labute approximate surface area is 107 Å². The lowest BCUT2D eigenvalue weighted by molar-refractivity contribution is -0.160. The van der Waals surface area contributed by atoms with Crippen LogP contribution in [0.2, 0.25) is 0 Å². The molecular formula is C15H19NO2. The molecule has 3 heteroatoms. The van der Waals surface area contributed by atoms with Crippen LogP contribution in [-0.2, 0) is 16.0 Å². The monoisotopic (exact) mass is 245 g/mol. The first-order valence-electron chi connectivity index (χ1n) is 6.77. The molecule has 1 aromatic carbocycles. The Kier molecular flexibility index (Phi) is 2.86. The second kappa shape index (κ2) is 4.39. The number of esters is 1. The molecule has 96 valence electrons. The minimum Gasteiger partial charge on any atom is -0.456 e. The van der Waals surface area contributed by atoms with E-state index >= 15 is 0 Å². The molecular weight excluding hydrogens is 226 g/mol. The number of carbonyl (C=O) groups is 1. The number of hydrogen-bond donors (Lipinski definition) is 1.